The van der Waals surface area contributed by atoms with Crippen LogP contribution in [0.1, 0.15) is 63.3 Å². The van der Waals surface area contributed by atoms with Gasteiger partial charge in [0.1, 0.15) is 23.7 Å². The molecule has 4 amide bonds. The lowest BCUT2D eigenvalue weighted by molar-refractivity contribution is -0.134. The number of rotatable bonds is 9. The van der Waals surface area contributed by atoms with Crippen LogP contribution in [-0.4, -0.2) is 93.1 Å². The molecule has 262 valence electrons. The number of hydrogen-bond donors (Lipinski definition) is 4. The topological polar surface area (TPSA) is 175 Å². The number of aromatic amines is 2. The van der Waals surface area contributed by atoms with Crippen molar-refractivity contribution >= 4 is 24.0 Å². The molecule has 4 N–H and O–H groups in total. The molecule has 50 heavy (non-hydrogen) atoms. The number of imidazole rings is 2. The van der Waals surface area contributed by atoms with Gasteiger partial charge in [-0.15, -0.1) is 0 Å². The smallest absolute Gasteiger partial charge is 0.407 e. The van der Waals surface area contributed by atoms with E-state index in [0.29, 0.717) is 13.1 Å². The summed E-state index contributed by atoms with van der Waals surface area (Å²) in [5.41, 5.74) is 5.77. The average molecular weight is 683 g/mol. The van der Waals surface area contributed by atoms with Gasteiger partial charge in [0.25, 0.3) is 0 Å². The first-order valence-electron chi connectivity index (χ1n) is 16.8. The average Bonchev–Trinajstić information content (AvgIpc) is 3.97. The summed E-state index contributed by atoms with van der Waals surface area (Å²) in [7, 11) is 2.54. The Morgan fingerprint density at radius 2 is 1.02 bits per heavy atom. The number of hydrogen-bond acceptors (Lipinski definition) is 8. The van der Waals surface area contributed by atoms with Crippen LogP contribution in [0.2, 0.25) is 0 Å². The molecule has 0 spiro atoms. The Balaban J connectivity index is 1.09. The van der Waals surface area contributed by atoms with Gasteiger partial charge in [0.15, 0.2) is 0 Å². The molecule has 0 aliphatic carbocycles. The van der Waals surface area contributed by atoms with Crippen LogP contribution in [0.4, 0.5) is 9.59 Å². The van der Waals surface area contributed by atoms with Gasteiger partial charge in [-0.25, -0.2) is 19.6 Å². The molecule has 0 bridgehead atoms. The summed E-state index contributed by atoms with van der Waals surface area (Å²) in [6.45, 7) is 4.49. The zero-order valence-electron chi connectivity index (χ0n) is 28.6. The van der Waals surface area contributed by atoms with Gasteiger partial charge < -0.3 is 39.9 Å². The standard InChI is InChI=1S/C36H42N8O6/c1-21(39-35(47)49-3)33(45)43-17-5-7-29(43)31-37-19-27(41-31)25-13-9-23(10-14-25)24-11-15-26(16-12-24)28-20-38-32(42-28)30-8-6-18-44(30)34(46)22(2)40-36(48)50-4/h9-16,19-22,29-30H,5-8,17-18H2,1-4H3,(H,37,41)(H,38,42)(H,39,47)(H,40,48)/t21-,22-,29-,30-/m0/s1. The summed E-state index contributed by atoms with van der Waals surface area (Å²) in [4.78, 5) is 68.9. The Kier molecular flexibility index (Phi) is 10.2. The molecule has 0 unspecified atom stereocenters. The number of methoxy groups -OCH3 is 2. The van der Waals surface area contributed by atoms with Gasteiger partial charge in [-0.05, 0) is 61.8 Å². The maximum atomic E-state index is 13.1. The molecular formula is C36H42N8O6. The SMILES string of the molecule is COC(=O)N[C@@H](C)C(=O)N1CCC[C@H]1c1ncc(-c2ccc(-c3ccc(-c4cnc([C@@H]5CCCN5C(=O)[C@H](C)NC(=O)OC)[nH]4)cc3)cc2)[nH]1. The molecule has 2 aliphatic rings. The van der Waals surface area contributed by atoms with Crippen LogP contribution < -0.4 is 10.6 Å². The fourth-order valence-electron chi connectivity index (χ4n) is 6.71. The number of benzene rings is 2. The molecule has 0 radical (unpaired) electrons. The Bertz CT molecular complexity index is 1700. The van der Waals surface area contributed by atoms with Crippen LogP contribution in [-0.2, 0) is 19.1 Å². The highest BCUT2D eigenvalue weighted by molar-refractivity contribution is 5.86. The molecule has 14 nitrogen and oxygen atoms in total. The monoisotopic (exact) mass is 682 g/mol. The molecule has 2 aliphatic heterocycles. The quantitative estimate of drug-likeness (QED) is 0.192. The van der Waals surface area contributed by atoms with Gasteiger partial charge in [-0.1, -0.05) is 48.5 Å². The summed E-state index contributed by atoms with van der Waals surface area (Å²) in [6.07, 6.45) is 5.56. The fraction of sp³-hybridized carbons (Fsp3) is 0.389. The second-order valence-corrected chi connectivity index (χ2v) is 12.6. The first kappa shape index (κ1) is 34.2. The van der Waals surface area contributed by atoms with Crippen molar-refractivity contribution < 1.29 is 28.7 Å². The zero-order chi connectivity index (χ0) is 35.4. The minimum Gasteiger partial charge on any atom is -0.453 e. The van der Waals surface area contributed by atoms with Crippen LogP contribution >= 0.6 is 0 Å². The predicted octanol–water partition coefficient (Wildman–Crippen LogP) is 4.95. The first-order chi connectivity index (χ1) is 24.2. The summed E-state index contributed by atoms with van der Waals surface area (Å²) < 4.78 is 9.27. The number of likely N-dealkylation sites (tertiary alicyclic amines) is 2. The molecule has 4 aromatic rings. The summed E-state index contributed by atoms with van der Waals surface area (Å²) in [5, 5.41) is 5.10. The molecule has 6 rings (SSSR count). The van der Waals surface area contributed by atoms with Crippen molar-refractivity contribution in [3.8, 4) is 33.6 Å². The van der Waals surface area contributed by atoms with E-state index in [1.807, 2.05) is 24.3 Å². The summed E-state index contributed by atoms with van der Waals surface area (Å²) in [5.74, 6) is 1.09. The molecule has 14 heteroatoms. The van der Waals surface area contributed by atoms with E-state index >= 15 is 0 Å². The van der Waals surface area contributed by atoms with Crippen molar-refractivity contribution in [2.24, 2.45) is 0 Å². The lowest BCUT2D eigenvalue weighted by Crippen LogP contribution is -2.46. The number of nitrogens with one attached hydrogen (secondary N) is 4. The van der Waals surface area contributed by atoms with Crippen molar-refractivity contribution in [2.75, 3.05) is 27.3 Å². The van der Waals surface area contributed by atoms with Gasteiger partial charge in [-0.3, -0.25) is 9.59 Å². The molecule has 2 aromatic heterocycles. The Labute approximate surface area is 290 Å². The normalized spacial score (nSPS) is 18.4. The van der Waals surface area contributed by atoms with Crippen molar-refractivity contribution in [1.29, 1.82) is 0 Å². The number of alkyl carbamates (subject to hydrolysis) is 2. The highest BCUT2D eigenvalue weighted by Crippen LogP contribution is 2.34. The Hall–Kier alpha value is -5.66. The van der Waals surface area contributed by atoms with E-state index in [1.54, 1.807) is 36.0 Å². The number of nitrogens with zero attached hydrogens (tertiary/aromatic N) is 4. The minimum absolute atomic E-state index is 0.173. The highest BCUT2D eigenvalue weighted by atomic mass is 16.5. The third kappa shape index (κ3) is 7.19. The predicted molar refractivity (Wildman–Crippen MR) is 184 cm³/mol. The maximum absolute atomic E-state index is 13.1. The Morgan fingerprint density at radius 1 is 0.660 bits per heavy atom. The van der Waals surface area contributed by atoms with E-state index < -0.39 is 24.3 Å². The number of amides is 4. The van der Waals surface area contributed by atoms with Crippen molar-refractivity contribution in [3.05, 3.63) is 72.6 Å². The number of aromatic nitrogens is 4. The molecule has 2 fully saturated rings. The van der Waals surface area contributed by atoms with E-state index in [4.69, 9.17) is 0 Å². The fourth-order valence-corrected chi connectivity index (χ4v) is 6.71. The van der Waals surface area contributed by atoms with Crippen molar-refractivity contribution in [3.63, 3.8) is 0 Å². The lowest BCUT2D eigenvalue weighted by atomic mass is 10.0. The molecular weight excluding hydrogens is 640 g/mol. The van der Waals surface area contributed by atoms with Gasteiger partial charge in [0, 0.05) is 13.1 Å². The second-order valence-electron chi connectivity index (χ2n) is 12.6. The largest absolute Gasteiger partial charge is 0.453 e. The summed E-state index contributed by atoms with van der Waals surface area (Å²) in [6, 6.07) is 14.6. The number of H-pyrrole nitrogens is 2. The van der Waals surface area contributed by atoms with Gasteiger partial charge in [0.05, 0.1) is 50.1 Å². The number of carbonyl (C=O) groups is 4. The van der Waals surface area contributed by atoms with Gasteiger partial charge in [0.2, 0.25) is 11.8 Å². The van der Waals surface area contributed by atoms with Crippen molar-refractivity contribution in [1.82, 2.24) is 40.4 Å². The third-order valence-electron chi connectivity index (χ3n) is 9.40. The van der Waals surface area contributed by atoms with Crippen molar-refractivity contribution in [2.45, 2.75) is 63.7 Å². The first-order valence-corrected chi connectivity index (χ1v) is 16.8. The van der Waals surface area contributed by atoms with Crippen LogP contribution in [0.3, 0.4) is 0 Å². The van der Waals surface area contributed by atoms with E-state index in [9.17, 15) is 19.2 Å². The number of carbonyl (C=O) groups excluding carboxylic acids is 4. The molecule has 0 saturated carbocycles. The third-order valence-corrected chi connectivity index (χ3v) is 9.40. The number of ether oxygens (including phenoxy) is 2. The highest BCUT2D eigenvalue weighted by Gasteiger charge is 2.36. The molecule has 2 saturated heterocycles. The lowest BCUT2D eigenvalue weighted by Gasteiger charge is -2.26. The molecule has 4 heterocycles. The minimum atomic E-state index is -0.704. The van der Waals surface area contributed by atoms with Crippen LogP contribution in [0, 0.1) is 0 Å². The van der Waals surface area contributed by atoms with E-state index in [1.165, 1.54) is 14.2 Å². The second kappa shape index (κ2) is 14.8. The van der Waals surface area contributed by atoms with Gasteiger partial charge >= 0.3 is 12.2 Å². The van der Waals surface area contributed by atoms with E-state index in [0.717, 1.165) is 71.0 Å². The summed E-state index contributed by atoms with van der Waals surface area (Å²) >= 11 is 0. The van der Waals surface area contributed by atoms with Crippen LogP contribution in [0.25, 0.3) is 33.6 Å². The Morgan fingerprint density at radius 3 is 1.38 bits per heavy atom. The van der Waals surface area contributed by atoms with Crippen LogP contribution in [0.5, 0.6) is 0 Å². The molecule has 2 aromatic carbocycles. The molecule has 4 atom stereocenters. The van der Waals surface area contributed by atoms with E-state index in [2.05, 4.69) is 64.3 Å². The van der Waals surface area contributed by atoms with E-state index in [-0.39, 0.29) is 23.9 Å². The maximum Gasteiger partial charge on any atom is 0.407 e. The van der Waals surface area contributed by atoms with Gasteiger partial charge in [-0.2, -0.15) is 0 Å². The zero-order valence-corrected chi connectivity index (χ0v) is 28.6. The van der Waals surface area contributed by atoms with Crippen LogP contribution in [0.15, 0.2) is 60.9 Å².